The maximum atomic E-state index is 12.7. The molecule has 1 aliphatic heterocycles. The van der Waals surface area contributed by atoms with Gasteiger partial charge in [-0.25, -0.2) is 13.1 Å². The first-order valence-electron chi connectivity index (χ1n) is 7.60. The molecule has 1 aromatic heterocycles. The molecule has 1 aromatic rings. The second-order valence-electron chi connectivity index (χ2n) is 5.97. The summed E-state index contributed by atoms with van der Waals surface area (Å²) in [6.45, 7) is 8.58. The van der Waals surface area contributed by atoms with Gasteiger partial charge in [-0.2, -0.15) is 5.10 Å². The third-order valence-corrected chi connectivity index (χ3v) is 5.91. The zero-order valence-corrected chi connectivity index (χ0v) is 14.3. The number of carbonyl (C=O) groups excluding carboxylic acids is 1. The van der Waals surface area contributed by atoms with E-state index in [9.17, 15) is 13.2 Å². The number of nitrogens with zero attached hydrogens (tertiary/aromatic N) is 2. The van der Waals surface area contributed by atoms with Crippen molar-refractivity contribution in [3.05, 3.63) is 17.0 Å². The van der Waals surface area contributed by atoms with Crippen molar-refractivity contribution in [3.63, 3.8) is 0 Å². The molecule has 2 rings (SSSR count). The number of hydrogen-bond donors (Lipinski definition) is 2. The summed E-state index contributed by atoms with van der Waals surface area (Å²) in [6.07, 6.45) is 0.467. The van der Waals surface area contributed by atoms with Gasteiger partial charge in [0.2, 0.25) is 10.0 Å². The van der Waals surface area contributed by atoms with Gasteiger partial charge in [0.25, 0.3) is 5.91 Å². The van der Waals surface area contributed by atoms with E-state index in [-0.39, 0.29) is 18.4 Å². The van der Waals surface area contributed by atoms with Crippen molar-refractivity contribution >= 4 is 15.9 Å². The van der Waals surface area contributed by atoms with Crippen LogP contribution in [0.15, 0.2) is 0 Å². The Morgan fingerprint density at radius 2 is 2.18 bits per heavy atom. The van der Waals surface area contributed by atoms with Crippen LogP contribution in [0.2, 0.25) is 0 Å². The predicted molar refractivity (Wildman–Crippen MR) is 84.3 cm³/mol. The molecule has 2 N–H and O–H groups in total. The summed E-state index contributed by atoms with van der Waals surface area (Å²) in [5, 5.41) is 6.52. The zero-order chi connectivity index (χ0) is 16.5. The number of likely N-dealkylation sites (tertiary alicyclic amines) is 1. The third-order valence-electron chi connectivity index (χ3n) is 3.95. The Balaban J connectivity index is 2.18. The number of rotatable bonds is 5. The first-order chi connectivity index (χ1) is 10.3. The average molecular weight is 328 g/mol. The Kier molecular flexibility index (Phi) is 4.91. The van der Waals surface area contributed by atoms with Crippen LogP contribution in [0, 0.1) is 6.92 Å². The molecule has 2 heterocycles. The fraction of sp³-hybridized carbons (Fsp3) is 0.714. The van der Waals surface area contributed by atoms with E-state index in [0.717, 1.165) is 11.4 Å². The van der Waals surface area contributed by atoms with E-state index in [2.05, 4.69) is 14.9 Å². The van der Waals surface area contributed by atoms with Crippen LogP contribution >= 0.6 is 0 Å². The number of aromatic amines is 1. The summed E-state index contributed by atoms with van der Waals surface area (Å²) in [6, 6.07) is 0. The molecule has 1 unspecified atom stereocenters. The van der Waals surface area contributed by atoms with Gasteiger partial charge in [-0.15, -0.1) is 0 Å². The molecule has 124 valence electrons. The fourth-order valence-corrected chi connectivity index (χ4v) is 4.21. The number of sulfonamides is 1. The van der Waals surface area contributed by atoms with Crippen molar-refractivity contribution in [3.8, 4) is 0 Å². The Hall–Kier alpha value is -1.41. The molecule has 1 fully saturated rings. The predicted octanol–water partition coefficient (Wildman–Crippen LogP) is 0.995. The van der Waals surface area contributed by atoms with Crippen molar-refractivity contribution in [2.75, 3.05) is 19.6 Å². The highest BCUT2D eigenvalue weighted by Crippen LogP contribution is 2.24. The summed E-state index contributed by atoms with van der Waals surface area (Å²) < 4.78 is 26.6. The van der Waals surface area contributed by atoms with Gasteiger partial charge in [0.15, 0.2) is 0 Å². The molecule has 1 aliphatic rings. The van der Waals surface area contributed by atoms with Crippen LogP contribution < -0.4 is 4.72 Å². The first kappa shape index (κ1) is 17.0. The van der Waals surface area contributed by atoms with E-state index in [4.69, 9.17) is 0 Å². The van der Waals surface area contributed by atoms with Crippen molar-refractivity contribution in [1.82, 2.24) is 19.8 Å². The summed E-state index contributed by atoms with van der Waals surface area (Å²) in [4.78, 5) is 14.3. The number of carbonyl (C=O) groups is 1. The number of H-pyrrole nitrogens is 1. The minimum absolute atomic E-state index is 0.132. The minimum atomic E-state index is -3.35. The Bertz CT molecular complexity index is 651. The van der Waals surface area contributed by atoms with Crippen molar-refractivity contribution in [2.24, 2.45) is 0 Å². The van der Waals surface area contributed by atoms with E-state index in [1.807, 2.05) is 20.8 Å². The molecule has 0 saturated carbocycles. The molecular formula is C14H24N4O3S. The Morgan fingerprint density at radius 1 is 1.50 bits per heavy atom. The van der Waals surface area contributed by atoms with Crippen LogP contribution in [0.5, 0.6) is 0 Å². The van der Waals surface area contributed by atoms with Crippen LogP contribution in [0.1, 0.15) is 54.9 Å². The molecule has 1 amide bonds. The second kappa shape index (κ2) is 6.37. The normalized spacial score (nSPS) is 19.1. The maximum absolute atomic E-state index is 12.7. The molecule has 0 spiro atoms. The third kappa shape index (κ3) is 3.17. The summed E-state index contributed by atoms with van der Waals surface area (Å²) >= 11 is 0. The molecule has 22 heavy (non-hydrogen) atoms. The van der Waals surface area contributed by atoms with Gasteiger partial charge in [0.05, 0.1) is 16.5 Å². The van der Waals surface area contributed by atoms with Crippen LogP contribution in [-0.4, -0.2) is 54.3 Å². The van der Waals surface area contributed by atoms with Gasteiger partial charge < -0.3 is 4.90 Å². The number of nitrogens with one attached hydrogen (secondary N) is 2. The molecule has 0 aliphatic carbocycles. The smallest absolute Gasteiger partial charge is 0.257 e. The standard InChI is InChI=1S/C14H24N4O3S/c1-5-15-22(20,21)11-6-7-18(8-11)14(19)12-10(4)16-17-13(12)9(2)3/h9,11,15H,5-8H2,1-4H3,(H,16,17). The molecule has 1 atom stereocenters. The van der Waals surface area contributed by atoms with Gasteiger partial charge in [-0.1, -0.05) is 20.8 Å². The summed E-state index contributed by atoms with van der Waals surface area (Å²) in [5.74, 6) is -0.00283. The lowest BCUT2D eigenvalue weighted by Gasteiger charge is -2.18. The minimum Gasteiger partial charge on any atom is -0.337 e. The zero-order valence-electron chi connectivity index (χ0n) is 13.5. The van der Waals surface area contributed by atoms with Gasteiger partial charge in [-0.05, 0) is 19.3 Å². The highest BCUT2D eigenvalue weighted by Gasteiger charge is 2.36. The summed E-state index contributed by atoms with van der Waals surface area (Å²) in [5.41, 5.74) is 2.05. The number of hydrogen-bond acceptors (Lipinski definition) is 4. The van der Waals surface area contributed by atoms with Crippen molar-refractivity contribution in [1.29, 1.82) is 0 Å². The van der Waals surface area contributed by atoms with E-state index >= 15 is 0 Å². The first-order valence-corrected chi connectivity index (χ1v) is 9.15. The lowest BCUT2D eigenvalue weighted by Crippen LogP contribution is -2.37. The van der Waals surface area contributed by atoms with E-state index in [1.54, 1.807) is 11.8 Å². The van der Waals surface area contributed by atoms with Gasteiger partial charge in [-0.3, -0.25) is 9.89 Å². The molecule has 1 saturated heterocycles. The molecule has 0 aromatic carbocycles. The lowest BCUT2D eigenvalue weighted by atomic mass is 10.0. The topological polar surface area (TPSA) is 95.2 Å². The van der Waals surface area contributed by atoms with Crippen LogP contribution in [-0.2, 0) is 10.0 Å². The Morgan fingerprint density at radius 3 is 2.77 bits per heavy atom. The molecular weight excluding hydrogens is 304 g/mol. The quantitative estimate of drug-likeness (QED) is 0.843. The molecule has 0 radical (unpaired) electrons. The van der Waals surface area contributed by atoms with Gasteiger partial charge >= 0.3 is 0 Å². The molecule has 0 bridgehead atoms. The fourth-order valence-electron chi connectivity index (χ4n) is 2.78. The molecule has 7 nitrogen and oxygen atoms in total. The SMILES string of the molecule is CCNS(=O)(=O)C1CCN(C(=O)c2c(C(C)C)n[nH]c2C)C1. The van der Waals surface area contributed by atoms with Crippen molar-refractivity contribution < 1.29 is 13.2 Å². The number of amides is 1. The highest BCUT2D eigenvalue weighted by molar-refractivity contribution is 7.90. The van der Waals surface area contributed by atoms with Crippen LogP contribution in [0.25, 0.3) is 0 Å². The lowest BCUT2D eigenvalue weighted by molar-refractivity contribution is 0.0791. The van der Waals surface area contributed by atoms with E-state index < -0.39 is 15.3 Å². The number of aromatic nitrogens is 2. The number of aryl methyl sites for hydroxylation is 1. The van der Waals surface area contributed by atoms with Crippen LogP contribution in [0.3, 0.4) is 0 Å². The van der Waals surface area contributed by atoms with Crippen LogP contribution in [0.4, 0.5) is 0 Å². The Labute approximate surface area is 131 Å². The maximum Gasteiger partial charge on any atom is 0.257 e. The van der Waals surface area contributed by atoms with Gasteiger partial charge in [0.1, 0.15) is 0 Å². The largest absolute Gasteiger partial charge is 0.337 e. The summed E-state index contributed by atoms with van der Waals surface area (Å²) in [7, 11) is -3.35. The molecule has 8 heteroatoms. The van der Waals surface area contributed by atoms with Crippen molar-refractivity contribution in [2.45, 2.75) is 45.3 Å². The average Bonchev–Trinajstić information content (AvgIpc) is 3.04. The highest BCUT2D eigenvalue weighted by atomic mass is 32.2. The van der Waals surface area contributed by atoms with E-state index in [1.165, 1.54) is 0 Å². The van der Waals surface area contributed by atoms with E-state index in [0.29, 0.717) is 25.1 Å². The monoisotopic (exact) mass is 328 g/mol. The van der Waals surface area contributed by atoms with Gasteiger partial charge in [0, 0.05) is 25.3 Å². The second-order valence-corrected chi connectivity index (χ2v) is 8.01.